The number of pyridine rings is 1. The van der Waals surface area contributed by atoms with Crippen molar-refractivity contribution < 1.29 is 9.13 Å². The summed E-state index contributed by atoms with van der Waals surface area (Å²) in [4.78, 5) is 31.1. The second kappa shape index (κ2) is 6.81. The maximum atomic E-state index is 12.6. The van der Waals surface area contributed by atoms with Gasteiger partial charge in [-0.05, 0) is 11.6 Å². The highest BCUT2D eigenvalue weighted by Crippen LogP contribution is 2.17. The van der Waals surface area contributed by atoms with E-state index in [9.17, 15) is 24.4 Å². The Morgan fingerprint density at radius 2 is 2.15 bits per heavy atom. The monoisotopic (exact) mass is 369 g/mol. The second-order valence-electron chi connectivity index (χ2n) is 5.37. The molecule has 0 saturated heterocycles. The summed E-state index contributed by atoms with van der Waals surface area (Å²) in [5.74, 6) is 0. The highest BCUT2D eigenvalue weighted by Gasteiger charge is 2.14. The molecule has 0 N–H and O–H groups in total. The third kappa shape index (κ3) is 3.20. The van der Waals surface area contributed by atoms with Crippen LogP contribution in [0.4, 0.5) is 5.69 Å². The molecule has 0 spiro atoms. The Morgan fingerprint density at radius 1 is 1.38 bits per heavy atom. The molecule has 0 fully saturated rings. The van der Waals surface area contributed by atoms with Crippen LogP contribution in [0.5, 0.6) is 0 Å². The number of hydrogen-bond acceptors (Lipinski definition) is 7. The third-order valence-corrected chi connectivity index (χ3v) is 4.36. The van der Waals surface area contributed by atoms with Gasteiger partial charge >= 0.3 is 0 Å². The molecule has 9 nitrogen and oxygen atoms in total. The number of nitro benzene ring substituents is 1. The first kappa shape index (κ1) is 17.4. The van der Waals surface area contributed by atoms with E-state index < -0.39 is 21.3 Å². The van der Waals surface area contributed by atoms with E-state index in [0.29, 0.717) is 10.9 Å². The molecular weight excluding hydrogens is 358 g/mol. The zero-order chi connectivity index (χ0) is 18.8. The van der Waals surface area contributed by atoms with Crippen LogP contribution < -0.4 is 5.56 Å². The minimum absolute atomic E-state index is 0.0284. The lowest BCUT2D eigenvalue weighted by Crippen LogP contribution is -2.24. The van der Waals surface area contributed by atoms with Crippen molar-refractivity contribution in [1.29, 1.82) is 5.26 Å². The SMILES string of the molecule is CS(=O)c1ncc2cc(C#N)c(=O)n(Cc3cccc([N+](=O)[O-])c3)c2n1. The molecule has 1 unspecified atom stereocenters. The first-order valence-corrected chi connectivity index (χ1v) is 8.84. The summed E-state index contributed by atoms with van der Waals surface area (Å²) in [5.41, 5.74) is -0.0904. The molecule has 2 aromatic heterocycles. The van der Waals surface area contributed by atoms with Gasteiger partial charge in [0.05, 0.1) is 22.3 Å². The number of fused-ring (bicyclic) bond motifs is 1. The topological polar surface area (TPSA) is 132 Å². The fourth-order valence-corrected chi connectivity index (χ4v) is 2.88. The van der Waals surface area contributed by atoms with Gasteiger partial charge in [-0.25, -0.2) is 9.97 Å². The third-order valence-electron chi connectivity index (χ3n) is 3.64. The Kier molecular flexibility index (Phi) is 4.55. The van der Waals surface area contributed by atoms with Gasteiger partial charge in [0, 0.05) is 30.0 Å². The lowest BCUT2D eigenvalue weighted by molar-refractivity contribution is -0.384. The van der Waals surface area contributed by atoms with Gasteiger partial charge in [-0.1, -0.05) is 12.1 Å². The standard InChI is InChI=1S/C16H11N5O4S/c1-26(25)16-18-8-12-6-11(7-17)15(22)20(14(12)19-16)9-10-3-2-4-13(5-10)21(23)24/h2-6,8H,9H2,1H3. The number of hydrogen-bond donors (Lipinski definition) is 0. The second-order valence-corrected chi connectivity index (χ2v) is 6.65. The zero-order valence-electron chi connectivity index (χ0n) is 13.4. The Morgan fingerprint density at radius 3 is 2.81 bits per heavy atom. The van der Waals surface area contributed by atoms with Crippen LogP contribution in [0.3, 0.4) is 0 Å². The molecule has 3 aromatic rings. The van der Waals surface area contributed by atoms with Crippen LogP contribution >= 0.6 is 0 Å². The van der Waals surface area contributed by atoms with Crippen LogP contribution in [-0.2, 0) is 17.3 Å². The molecule has 0 radical (unpaired) electrons. The Labute approximate surface area is 149 Å². The number of nitrogens with zero attached hydrogens (tertiary/aromatic N) is 5. The highest BCUT2D eigenvalue weighted by molar-refractivity contribution is 7.84. The number of non-ortho nitro benzene ring substituents is 1. The first-order chi connectivity index (χ1) is 12.4. The van der Waals surface area contributed by atoms with Crippen molar-refractivity contribution in [2.45, 2.75) is 11.7 Å². The van der Waals surface area contributed by atoms with Gasteiger partial charge in [-0.15, -0.1) is 0 Å². The van der Waals surface area contributed by atoms with E-state index >= 15 is 0 Å². The van der Waals surface area contributed by atoms with E-state index in [-0.39, 0.29) is 28.6 Å². The molecule has 26 heavy (non-hydrogen) atoms. The number of rotatable bonds is 4. The largest absolute Gasteiger partial charge is 0.287 e. The van der Waals surface area contributed by atoms with Crippen molar-refractivity contribution in [1.82, 2.24) is 14.5 Å². The van der Waals surface area contributed by atoms with E-state index in [0.717, 1.165) is 0 Å². The van der Waals surface area contributed by atoms with Crippen LogP contribution in [0.25, 0.3) is 11.0 Å². The Balaban J connectivity index is 2.24. The summed E-state index contributed by atoms with van der Waals surface area (Å²) >= 11 is 0. The van der Waals surface area contributed by atoms with Gasteiger partial charge in [0.1, 0.15) is 17.3 Å². The van der Waals surface area contributed by atoms with E-state index in [1.54, 1.807) is 6.07 Å². The van der Waals surface area contributed by atoms with Gasteiger partial charge < -0.3 is 0 Å². The molecule has 0 aliphatic heterocycles. The minimum atomic E-state index is -1.46. The van der Waals surface area contributed by atoms with Crippen molar-refractivity contribution in [3.63, 3.8) is 0 Å². The van der Waals surface area contributed by atoms with Crippen LogP contribution in [0, 0.1) is 21.4 Å². The lowest BCUT2D eigenvalue weighted by atomic mass is 10.2. The summed E-state index contributed by atoms with van der Waals surface area (Å²) in [6.07, 6.45) is 2.80. The summed E-state index contributed by atoms with van der Waals surface area (Å²) in [6.45, 7) is -0.0284. The van der Waals surface area contributed by atoms with Gasteiger partial charge in [0.25, 0.3) is 11.2 Å². The van der Waals surface area contributed by atoms with Crippen molar-refractivity contribution >= 4 is 27.5 Å². The summed E-state index contributed by atoms with van der Waals surface area (Å²) < 4.78 is 12.9. The molecule has 1 atom stereocenters. The summed E-state index contributed by atoms with van der Waals surface area (Å²) in [5, 5.41) is 20.6. The lowest BCUT2D eigenvalue weighted by Gasteiger charge is -2.10. The molecule has 3 rings (SSSR count). The van der Waals surface area contributed by atoms with Crippen molar-refractivity contribution in [2.24, 2.45) is 0 Å². The van der Waals surface area contributed by atoms with Crippen LogP contribution in [0.2, 0.25) is 0 Å². The van der Waals surface area contributed by atoms with Crippen molar-refractivity contribution in [3.05, 3.63) is 68.1 Å². The van der Waals surface area contributed by atoms with E-state index in [1.165, 1.54) is 41.3 Å². The van der Waals surface area contributed by atoms with Crippen molar-refractivity contribution in [2.75, 3.05) is 6.26 Å². The van der Waals surface area contributed by atoms with Gasteiger partial charge in [-0.3, -0.25) is 23.7 Å². The predicted octanol–water partition coefficient (Wildman–Crippen LogP) is 1.36. The molecule has 0 aliphatic carbocycles. The average molecular weight is 369 g/mol. The number of benzene rings is 1. The van der Waals surface area contributed by atoms with Crippen LogP contribution in [0.1, 0.15) is 11.1 Å². The van der Waals surface area contributed by atoms with E-state index in [1.807, 2.05) is 6.07 Å². The maximum Gasteiger partial charge on any atom is 0.270 e. The summed E-state index contributed by atoms with van der Waals surface area (Å²) in [7, 11) is -1.46. The molecule has 0 bridgehead atoms. The van der Waals surface area contributed by atoms with Crippen LogP contribution in [0.15, 0.2) is 46.5 Å². The molecule has 130 valence electrons. The molecule has 0 amide bonds. The Hall–Kier alpha value is -3.45. The average Bonchev–Trinajstić information content (AvgIpc) is 2.63. The van der Waals surface area contributed by atoms with Crippen molar-refractivity contribution in [3.8, 4) is 6.07 Å². The fourth-order valence-electron chi connectivity index (χ4n) is 2.46. The number of nitriles is 1. The zero-order valence-corrected chi connectivity index (χ0v) is 14.3. The fraction of sp³-hybridized carbons (Fsp3) is 0.125. The van der Waals surface area contributed by atoms with Gasteiger partial charge in [-0.2, -0.15) is 5.26 Å². The highest BCUT2D eigenvalue weighted by atomic mass is 32.2. The predicted molar refractivity (Wildman–Crippen MR) is 93.0 cm³/mol. The molecular formula is C16H11N5O4S. The number of aromatic nitrogens is 3. The van der Waals surface area contributed by atoms with Gasteiger partial charge in [0.2, 0.25) is 5.16 Å². The number of nitro groups is 1. The smallest absolute Gasteiger partial charge is 0.270 e. The van der Waals surface area contributed by atoms with Gasteiger partial charge in [0.15, 0.2) is 0 Å². The van der Waals surface area contributed by atoms with E-state index in [2.05, 4.69) is 9.97 Å². The first-order valence-electron chi connectivity index (χ1n) is 7.28. The van der Waals surface area contributed by atoms with E-state index in [4.69, 9.17) is 0 Å². The molecule has 0 saturated carbocycles. The quantitative estimate of drug-likeness (QED) is 0.385. The summed E-state index contributed by atoms with van der Waals surface area (Å²) in [6, 6.07) is 9.02. The molecule has 1 aromatic carbocycles. The molecule has 2 heterocycles. The van der Waals surface area contributed by atoms with Crippen LogP contribution in [-0.4, -0.2) is 29.9 Å². The normalized spacial score (nSPS) is 11.8. The maximum absolute atomic E-state index is 12.6. The minimum Gasteiger partial charge on any atom is -0.287 e. The molecule has 10 heteroatoms. The Bertz CT molecular complexity index is 1170. The molecule has 0 aliphatic rings.